The number of aromatic nitrogens is 1. The summed E-state index contributed by atoms with van der Waals surface area (Å²) in [5.41, 5.74) is 0.708. The van der Waals surface area contributed by atoms with Gasteiger partial charge < -0.3 is 14.6 Å². The van der Waals surface area contributed by atoms with Crippen molar-refractivity contribution >= 4 is 10.9 Å². The molecule has 3 heteroatoms. The number of hydrogen-bond donors (Lipinski definition) is 1. The lowest BCUT2D eigenvalue weighted by Crippen LogP contribution is -2.14. The fraction of sp³-hybridized carbons (Fsp3) is 0.385. The quantitative estimate of drug-likeness (QED) is 0.864. The van der Waals surface area contributed by atoms with E-state index < -0.39 is 18.8 Å². The van der Waals surface area contributed by atoms with Crippen molar-refractivity contribution in [3.05, 3.63) is 29.9 Å². The number of nitrogens with one attached hydrogen (secondary N) is 1. The van der Waals surface area contributed by atoms with Gasteiger partial charge in [-0.3, -0.25) is 0 Å². The van der Waals surface area contributed by atoms with Crippen LogP contribution in [0.4, 0.5) is 0 Å². The largest absolute Gasteiger partial charge is 0.497 e. The van der Waals surface area contributed by atoms with Crippen molar-refractivity contribution < 1.29 is 14.3 Å². The first-order valence-electron chi connectivity index (χ1n) is 8.47. The van der Waals surface area contributed by atoms with Gasteiger partial charge in [-0.1, -0.05) is 0 Å². The van der Waals surface area contributed by atoms with E-state index in [9.17, 15) is 0 Å². The van der Waals surface area contributed by atoms with E-state index in [2.05, 4.69) is 4.98 Å². The maximum Gasteiger partial charge on any atom is 0.119 e. The number of fused-ring (bicyclic) bond motifs is 1. The summed E-state index contributed by atoms with van der Waals surface area (Å²) in [6, 6.07) is -1.03. The Labute approximate surface area is 106 Å². The average Bonchev–Trinajstić information content (AvgIpc) is 2.75. The molecular weight excluding hydrogens is 200 g/mol. The molecule has 0 spiro atoms. The fourth-order valence-electron chi connectivity index (χ4n) is 1.48. The Bertz CT molecular complexity index is 736. The molecule has 1 heterocycles. The number of benzene rings is 1. The van der Waals surface area contributed by atoms with Gasteiger partial charge in [0.05, 0.1) is 16.6 Å². The molecule has 0 unspecified atom stereocenters. The highest BCUT2D eigenvalue weighted by molar-refractivity contribution is 5.84. The highest BCUT2D eigenvalue weighted by Crippen LogP contribution is 2.23. The molecule has 3 nitrogen and oxygen atoms in total. The molecule has 0 bridgehead atoms. The lowest BCUT2D eigenvalue weighted by atomic mass is 10.1. The number of hydrogen-bond acceptors (Lipinski definition) is 2. The van der Waals surface area contributed by atoms with Gasteiger partial charge >= 0.3 is 0 Å². The molecule has 0 atom stereocenters. The SMILES string of the molecule is [2H]c1[nH]c2c([2H])c([2H])c(OC([2H])([2H])[2H])c([2H])c2c1CCN(C)C. The zero-order valence-corrected chi connectivity index (χ0v) is 9.27. The Hall–Kier alpha value is -1.48. The first-order valence-corrected chi connectivity index (χ1v) is 4.97. The molecule has 86 valence electrons. The average molecular weight is 225 g/mol. The summed E-state index contributed by atoms with van der Waals surface area (Å²) in [7, 11) is 0.942. The van der Waals surface area contributed by atoms with Crippen molar-refractivity contribution in [3.8, 4) is 5.75 Å². The van der Waals surface area contributed by atoms with Crippen LogP contribution in [-0.4, -0.2) is 37.6 Å². The van der Waals surface area contributed by atoms with Crippen LogP contribution in [0.1, 0.15) is 15.2 Å². The third-order valence-electron chi connectivity index (χ3n) is 2.34. The van der Waals surface area contributed by atoms with Crippen LogP contribution in [0.3, 0.4) is 0 Å². The second-order valence-electron chi connectivity index (χ2n) is 3.84. The lowest BCUT2D eigenvalue weighted by Gasteiger charge is -2.08. The maximum absolute atomic E-state index is 8.20. The topological polar surface area (TPSA) is 28.3 Å². The Morgan fingerprint density at radius 2 is 2.38 bits per heavy atom. The molecule has 0 amide bonds. The number of nitrogens with zero attached hydrogens (tertiary/aromatic N) is 1. The van der Waals surface area contributed by atoms with Gasteiger partial charge in [0.1, 0.15) is 5.75 Å². The highest BCUT2D eigenvalue weighted by Gasteiger charge is 2.05. The van der Waals surface area contributed by atoms with Gasteiger partial charge in [-0.05, 0) is 44.2 Å². The predicted octanol–water partition coefficient (Wildman–Crippen LogP) is 2.28. The van der Waals surface area contributed by atoms with Crippen LogP contribution >= 0.6 is 0 Å². The molecule has 0 fully saturated rings. The molecule has 0 radical (unpaired) electrons. The molecule has 0 aliphatic heterocycles. The minimum atomic E-state index is -2.81. The van der Waals surface area contributed by atoms with Gasteiger partial charge in [0.25, 0.3) is 0 Å². The van der Waals surface area contributed by atoms with Crippen LogP contribution in [0.15, 0.2) is 24.3 Å². The molecule has 1 aromatic carbocycles. The van der Waals surface area contributed by atoms with Crippen molar-refractivity contribution in [1.82, 2.24) is 9.88 Å². The number of aromatic amines is 1. The molecule has 2 aromatic rings. The summed E-state index contributed by atoms with van der Waals surface area (Å²) < 4.78 is 58.4. The molecule has 2 rings (SSSR count). The second-order valence-corrected chi connectivity index (χ2v) is 3.84. The van der Waals surface area contributed by atoms with E-state index in [1.807, 2.05) is 19.0 Å². The zero-order chi connectivity index (χ0) is 17.5. The normalized spacial score (nSPS) is 18.3. The molecular formula is C13H18N2O. The van der Waals surface area contributed by atoms with Gasteiger partial charge in [0, 0.05) is 23.6 Å². The van der Waals surface area contributed by atoms with Crippen molar-refractivity contribution in [1.29, 1.82) is 0 Å². The van der Waals surface area contributed by atoms with Crippen LogP contribution < -0.4 is 4.74 Å². The minimum absolute atomic E-state index is 0.0642. The van der Waals surface area contributed by atoms with E-state index in [0.717, 1.165) is 0 Å². The number of ether oxygens (including phenoxy) is 1. The summed E-state index contributed by atoms with van der Waals surface area (Å²) in [6.45, 7) is 0.629. The van der Waals surface area contributed by atoms with Crippen LogP contribution in [0.5, 0.6) is 5.75 Å². The highest BCUT2D eigenvalue weighted by atomic mass is 16.5. The third kappa shape index (κ3) is 2.19. The van der Waals surface area contributed by atoms with Crippen molar-refractivity contribution in [2.45, 2.75) is 6.42 Å². The van der Waals surface area contributed by atoms with Crippen LogP contribution in [0, 0.1) is 0 Å². The monoisotopic (exact) mass is 225 g/mol. The zero-order valence-electron chi connectivity index (χ0n) is 16.3. The number of H-pyrrole nitrogens is 1. The van der Waals surface area contributed by atoms with Gasteiger partial charge in [0.2, 0.25) is 0 Å². The Kier molecular flexibility index (Phi) is 1.50. The summed E-state index contributed by atoms with van der Waals surface area (Å²) in [4.78, 5) is 4.63. The van der Waals surface area contributed by atoms with Crippen molar-refractivity contribution in [2.24, 2.45) is 0 Å². The van der Waals surface area contributed by atoms with E-state index in [1.54, 1.807) is 0 Å². The molecule has 0 aliphatic carbocycles. The summed E-state index contributed by atoms with van der Waals surface area (Å²) in [5, 5.41) is 0.275. The van der Waals surface area contributed by atoms with Gasteiger partial charge in [-0.2, -0.15) is 0 Å². The molecule has 1 N–H and O–H groups in total. The van der Waals surface area contributed by atoms with Crippen molar-refractivity contribution in [3.63, 3.8) is 0 Å². The smallest absolute Gasteiger partial charge is 0.119 e. The van der Waals surface area contributed by atoms with E-state index in [1.165, 1.54) is 0 Å². The lowest BCUT2D eigenvalue weighted by molar-refractivity contribution is 0.413. The molecule has 16 heavy (non-hydrogen) atoms. The third-order valence-corrected chi connectivity index (χ3v) is 2.34. The van der Waals surface area contributed by atoms with Crippen molar-refractivity contribution in [2.75, 3.05) is 27.7 Å². The first-order chi connectivity index (χ1) is 10.5. The summed E-state index contributed by atoms with van der Waals surface area (Å²) in [6.07, 6.45) is 0.524. The summed E-state index contributed by atoms with van der Waals surface area (Å²) in [5.74, 6) is -0.451. The van der Waals surface area contributed by atoms with Gasteiger partial charge in [0.15, 0.2) is 0 Å². The number of rotatable bonds is 4. The first kappa shape index (κ1) is 5.23. The Morgan fingerprint density at radius 3 is 3.12 bits per heavy atom. The van der Waals surface area contributed by atoms with E-state index in [0.29, 0.717) is 18.5 Å². The maximum atomic E-state index is 8.20. The van der Waals surface area contributed by atoms with E-state index in [4.69, 9.17) is 14.3 Å². The van der Waals surface area contributed by atoms with Crippen LogP contribution in [-0.2, 0) is 6.42 Å². The van der Waals surface area contributed by atoms with Gasteiger partial charge in [-0.25, -0.2) is 0 Å². The molecule has 0 saturated heterocycles. The Morgan fingerprint density at radius 1 is 1.50 bits per heavy atom. The second kappa shape index (κ2) is 4.58. The number of likely N-dealkylation sites (N-methyl/N-ethyl adjacent to an activating group) is 1. The van der Waals surface area contributed by atoms with E-state index in [-0.39, 0.29) is 29.2 Å². The minimum Gasteiger partial charge on any atom is -0.497 e. The molecule has 1 aromatic heterocycles. The van der Waals surface area contributed by atoms with Crippen LogP contribution in [0.25, 0.3) is 10.9 Å². The fourth-order valence-corrected chi connectivity index (χ4v) is 1.48. The standard InChI is InChI=1S/C13H18N2O/c1-15(2)7-6-10-9-14-13-5-4-11(16-3)8-12(10)13/h4-5,8-9,14H,6-7H2,1-3H3/i3D3,4D,5D,8D,9D. The predicted molar refractivity (Wildman–Crippen MR) is 67.1 cm³/mol. The summed E-state index contributed by atoms with van der Waals surface area (Å²) >= 11 is 0. The molecule has 0 aliphatic rings. The van der Waals surface area contributed by atoms with Gasteiger partial charge in [-0.15, -0.1) is 0 Å². The van der Waals surface area contributed by atoms with E-state index >= 15 is 0 Å². The number of methoxy groups -OCH3 is 1. The van der Waals surface area contributed by atoms with Crippen LogP contribution in [0.2, 0.25) is 0 Å². The Balaban J connectivity index is 2.69. The molecule has 0 saturated carbocycles.